The maximum absolute atomic E-state index is 9.11. The Morgan fingerprint density at radius 3 is 1.84 bits per heavy atom. The van der Waals surface area contributed by atoms with Crippen LogP contribution in [0, 0.1) is 5.92 Å². The third-order valence-electron chi connectivity index (χ3n) is 6.04. The van der Waals surface area contributed by atoms with E-state index in [1.54, 1.807) is 0 Å². The fraction of sp³-hybridized carbons (Fsp3) is 0.455. The van der Waals surface area contributed by atoms with Crippen molar-refractivity contribution < 1.29 is 5.11 Å². The van der Waals surface area contributed by atoms with Gasteiger partial charge in [0.05, 0.1) is 6.61 Å². The van der Waals surface area contributed by atoms with Gasteiger partial charge in [-0.25, -0.2) is 0 Å². The molecule has 3 nitrogen and oxygen atoms in total. The highest BCUT2D eigenvalue weighted by molar-refractivity contribution is 5.47. The molecule has 0 unspecified atom stereocenters. The summed E-state index contributed by atoms with van der Waals surface area (Å²) >= 11 is 0. The zero-order chi connectivity index (χ0) is 17.1. The maximum atomic E-state index is 9.11. The lowest BCUT2D eigenvalue weighted by Crippen LogP contribution is -2.47. The van der Waals surface area contributed by atoms with E-state index >= 15 is 0 Å². The molecule has 2 aromatic carbocycles. The Morgan fingerprint density at radius 2 is 1.32 bits per heavy atom. The number of benzene rings is 2. The average molecular weight is 336 g/mol. The summed E-state index contributed by atoms with van der Waals surface area (Å²) in [5.74, 6) is 0.696. The minimum Gasteiger partial charge on any atom is -0.395 e. The largest absolute Gasteiger partial charge is 0.395 e. The number of piperazine rings is 1. The number of hydrogen-bond acceptors (Lipinski definition) is 3. The molecule has 2 aromatic rings. The molecule has 0 bridgehead atoms. The van der Waals surface area contributed by atoms with E-state index in [2.05, 4.69) is 70.5 Å². The van der Waals surface area contributed by atoms with Crippen molar-refractivity contribution in [1.29, 1.82) is 0 Å². The van der Waals surface area contributed by atoms with Crippen molar-refractivity contribution in [3.63, 3.8) is 0 Å². The van der Waals surface area contributed by atoms with Crippen LogP contribution >= 0.6 is 0 Å². The average Bonchev–Trinajstić information content (AvgIpc) is 3.40. The molecule has 4 rings (SSSR count). The van der Waals surface area contributed by atoms with Gasteiger partial charge in [-0.2, -0.15) is 0 Å². The molecule has 25 heavy (non-hydrogen) atoms. The van der Waals surface area contributed by atoms with Crippen LogP contribution in [0.2, 0.25) is 0 Å². The Bertz CT molecular complexity index is 625. The normalized spacial score (nSPS) is 23.5. The standard InChI is InChI=1S/C22H28N2O/c25-16-15-23-11-13-24(14-12-23)18-21-17-22(21,19-7-3-1-4-8-19)20-9-5-2-6-10-20/h1-10,21,25H,11-18H2/t21-/m1/s1. The van der Waals surface area contributed by atoms with Crippen LogP contribution < -0.4 is 0 Å². The Balaban J connectivity index is 1.48. The molecule has 1 saturated heterocycles. The number of β-amino-alcohol motifs (C(OH)–C–C–N with tert-alkyl or cyclic N) is 1. The first-order valence-electron chi connectivity index (χ1n) is 9.49. The minimum absolute atomic E-state index is 0.199. The quantitative estimate of drug-likeness (QED) is 0.878. The molecule has 0 amide bonds. The third-order valence-corrected chi connectivity index (χ3v) is 6.04. The second-order valence-corrected chi connectivity index (χ2v) is 7.47. The first-order valence-corrected chi connectivity index (χ1v) is 9.49. The molecular weight excluding hydrogens is 308 g/mol. The monoisotopic (exact) mass is 336 g/mol. The Kier molecular flexibility index (Phi) is 4.89. The van der Waals surface area contributed by atoms with Crippen molar-refractivity contribution in [2.24, 2.45) is 5.92 Å². The van der Waals surface area contributed by atoms with Crippen molar-refractivity contribution in [2.45, 2.75) is 11.8 Å². The van der Waals surface area contributed by atoms with Gasteiger partial charge in [0.25, 0.3) is 0 Å². The van der Waals surface area contributed by atoms with Gasteiger partial charge < -0.3 is 10.0 Å². The molecule has 0 radical (unpaired) electrons. The lowest BCUT2D eigenvalue weighted by molar-refractivity contribution is 0.108. The predicted octanol–water partition coefficient (Wildman–Crippen LogP) is 2.60. The fourth-order valence-corrected chi connectivity index (χ4v) is 4.54. The zero-order valence-corrected chi connectivity index (χ0v) is 14.8. The van der Waals surface area contributed by atoms with Crippen LogP contribution in [0.5, 0.6) is 0 Å². The molecule has 1 atom stereocenters. The highest BCUT2D eigenvalue weighted by Crippen LogP contribution is 2.59. The Morgan fingerprint density at radius 1 is 0.800 bits per heavy atom. The van der Waals surface area contributed by atoms with Crippen LogP contribution in [-0.2, 0) is 5.41 Å². The van der Waals surface area contributed by atoms with Crippen LogP contribution in [0.1, 0.15) is 17.5 Å². The molecular formula is C22H28N2O. The van der Waals surface area contributed by atoms with Crippen molar-refractivity contribution in [1.82, 2.24) is 9.80 Å². The smallest absolute Gasteiger partial charge is 0.0558 e. The molecule has 132 valence electrons. The van der Waals surface area contributed by atoms with Crippen molar-refractivity contribution in [2.75, 3.05) is 45.9 Å². The SMILES string of the molecule is OCCN1CCN(C[C@H]2CC2(c2ccccc2)c2ccccc2)CC1. The van der Waals surface area contributed by atoms with Gasteiger partial charge in [-0.1, -0.05) is 60.7 Å². The molecule has 1 saturated carbocycles. The van der Waals surface area contributed by atoms with Gasteiger partial charge in [0, 0.05) is 44.7 Å². The van der Waals surface area contributed by atoms with E-state index < -0.39 is 0 Å². The maximum Gasteiger partial charge on any atom is 0.0558 e. The molecule has 2 fully saturated rings. The molecule has 0 aromatic heterocycles. The van der Waals surface area contributed by atoms with Gasteiger partial charge in [0.2, 0.25) is 0 Å². The summed E-state index contributed by atoms with van der Waals surface area (Å²) in [6, 6.07) is 22.1. The molecule has 1 N–H and O–H groups in total. The van der Waals surface area contributed by atoms with Gasteiger partial charge in [-0.3, -0.25) is 4.90 Å². The third kappa shape index (κ3) is 3.37. The van der Waals surface area contributed by atoms with E-state index in [1.165, 1.54) is 24.1 Å². The lowest BCUT2D eigenvalue weighted by Gasteiger charge is -2.35. The van der Waals surface area contributed by atoms with E-state index in [0.29, 0.717) is 5.92 Å². The second kappa shape index (κ2) is 7.28. The highest BCUT2D eigenvalue weighted by atomic mass is 16.3. The van der Waals surface area contributed by atoms with Crippen LogP contribution in [0.4, 0.5) is 0 Å². The van der Waals surface area contributed by atoms with Gasteiger partial charge in [0.15, 0.2) is 0 Å². The summed E-state index contributed by atoms with van der Waals surface area (Å²) in [4.78, 5) is 4.98. The van der Waals surface area contributed by atoms with E-state index in [4.69, 9.17) is 5.11 Å². The predicted molar refractivity (Wildman–Crippen MR) is 102 cm³/mol. The molecule has 1 aliphatic heterocycles. The number of aliphatic hydroxyl groups excluding tert-OH is 1. The summed E-state index contributed by atoms with van der Waals surface area (Å²) in [6.45, 7) is 6.67. The van der Waals surface area contributed by atoms with E-state index in [1.807, 2.05) is 0 Å². The number of hydrogen-bond donors (Lipinski definition) is 1. The van der Waals surface area contributed by atoms with Gasteiger partial charge in [-0.15, -0.1) is 0 Å². The van der Waals surface area contributed by atoms with Crippen LogP contribution in [0.25, 0.3) is 0 Å². The number of aliphatic hydroxyl groups is 1. The van der Waals surface area contributed by atoms with Crippen LogP contribution in [-0.4, -0.2) is 60.8 Å². The van der Waals surface area contributed by atoms with E-state index in [-0.39, 0.29) is 12.0 Å². The molecule has 2 aliphatic rings. The first-order chi connectivity index (χ1) is 12.3. The van der Waals surface area contributed by atoms with Gasteiger partial charge in [-0.05, 0) is 23.5 Å². The Labute approximate surface area is 150 Å². The van der Waals surface area contributed by atoms with Gasteiger partial charge >= 0.3 is 0 Å². The molecule has 1 heterocycles. The summed E-state index contributed by atoms with van der Waals surface area (Å²) in [5.41, 5.74) is 3.13. The zero-order valence-electron chi connectivity index (χ0n) is 14.8. The second-order valence-electron chi connectivity index (χ2n) is 7.47. The molecule has 3 heteroatoms. The summed E-state index contributed by atoms with van der Waals surface area (Å²) in [5, 5.41) is 9.11. The van der Waals surface area contributed by atoms with Crippen molar-refractivity contribution in [3.05, 3.63) is 71.8 Å². The first kappa shape index (κ1) is 16.8. The van der Waals surface area contributed by atoms with Crippen LogP contribution in [0.3, 0.4) is 0 Å². The summed E-state index contributed by atoms with van der Waals surface area (Å²) in [7, 11) is 0. The minimum atomic E-state index is 0.199. The molecule has 1 aliphatic carbocycles. The Hall–Kier alpha value is -1.68. The van der Waals surface area contributed by atoms with E-state index in [0.717, 1.165) is 32.7 Å². The number of rotatable bonds is 6. The summed E-state index contributed by atoms with van der Waals surface area (Å²) < 4.78 is 0. The lowest BCUT2D eigenvalue weighted by atomic mass is 9.85. The highest BCUT2D eigenvalue weighted by Gasteiger charge is 2.56. The van der Waals surface area contributed by atoms with Gasteiger partial charge in [0.1, 0.15) is 0 Å². The van der Waals surface area contributed by atoms with Crippen molar-refractivity contribution in [3.8, 4) is 0 Å². The van der Waals surface area contributed by atoms with E-state index in [9.17, 15) is 0 Å². The summed E-state index contributed by atoms with van der Waals surface area (Å²) in [6.07, 6.45) is 1.25. The van der Waals surface area contributed by atoms with Crippen LogP contribution in [0.15, 0.2) is 60.7 Å². The fourth-order valence-electron chi connectivity index (χ4n) is 4.54. The molecule has 0 spiro atoms. The topological polar surface area (TPSA) is 26.7 Å². The van der Waals surface area contributed by atoms with Crippen molar-refractivity contribution >= 4 is 0 Å². The number of nitrogens with zero attached hydrogens (tertiary/aromatic N) is 2.